The Morgan fingerprint density at radius 2 is 1.94 bits per heavy atom. The van der Waals surface area contributed by atoms with Crippen molar-refractivity contribution in [3.8, 4) is 0 Å². The number of carboxylic acid groups (broad SMARTS) is 1. The molecule has 1 atom stereocenters. The molecular formula is C12H18N2O2. The third-order valence-electron chi connectivity index (χ3n) is 2.18. The molecule has 0 saturated heterocycles. The molecule has 0 amide bonds. The summed E-state index contributed by atoms with van der Waals surface area (Å²) in [6.45, 7) is 4.13. The molecule has 1 aromatic carbocycles. The second kappa shape index (κ2) is 5.51. The zero-order valence-corrected chi connectivity index (χ0v) is 9.60. The van der Waals surface area contributed by atoms with Crippen LogP contribution in [0.3, 0.4) is 0 Å². The van der Waals surface area contributed by atoms with Crippen LogP contribution in [0.1, 0.15) is 19.4 Å². The minimum Gasteiger partial charge on any atom is -0.480 e. The largest absolute Gasteiger partial charge is 0.480 e. The van der Waals surface area contributed by atoms with Gasteiger partial charge in [-0.25, -0.2) is 0 Å². The number of hydrogen-bond acceptors (Lipinski definition) is 3. The summed E-state index contributed by atoms with van der Waals surface area (Å²) in [6.07, 6.45) is 0.358. The maximum Gasteiger partial charge on any atom is 0.320 e. The molecule has 4 N–H and O–H groups in total. The highest BCUT2D eigenvalue weighted by atomic mass is 16.4. The van der Waals surface area contributed by atoms with E-state index in [-0.39, 0.29) is 0 Å². The van der Waals surface area contributed by atoms with Gasteiger partial charge in [0.15, 0.2) is 0 Å². The molecule has 0 aliphatic rings. The monoisotopic (exact) mass is 222 g/mol. The Kier molecular flexibility index (Phi) is 4.31. The van der Waals surface area contributed by atoms with Gasteiger partial charge in [0.25, 0.3) is 0 Å². The average molecular weight is 222 g/mol. The van der Waals surface area contributed by atoms with Crippen LogP contribution >= 0.6 is 0 Å². The fourth-order valence-electron chi connectivity index (χ4n) is 1.41. The van der Waals surface area contributed by atoms with Crippen molar-refractivity contribution in [3.63, 3.8) is 0 Å². The van der Waals surface area contributed by atoms with Gasteiger partial charge in [-0.3, -0.25) is 4.79 Å². The minimum absolute atomic E-state index is 0.358. The summed E-state index contributed by atoms with van der Waals surface area (Å²) >= 11 is 0. The lowest BCUT2D eigenvalue weighted by Crippen LogP contribution is -2.32. The quantitative estimate of drug-likeness (QED) is 0.705. The zero-order chi connectivity index (χ0) is 12.1. The highest BCUT2D eigenvalue weighted by Crippen LogP contribution is 2.11. The number of aliphatic carboxylic acids is 1. The first-order chi connectivity index (χ1) is 7.49. The number of carboxylic acids is 1. The van der Waals surface area contributed by atoms with Crippen molar-refractivity contribution in [1.82, 2.24) is 0 Å². The first-order valence-electron chi connectivity index (χ1n) is 5.33. The molecule has 4 nitrogen and oxygen atoms in total. The maximum absolute atomic E-state index is 10.6. The summed E-state index contributed by atoms with van der Waals surface area (Å²) < 4.78 is 0. The van der Waals surface area contributed by atoms with Crippen LogP contribution in [-0.2, 0) is 11.2 Å². The molecule has 1 aromatic rings. The van der Waals surface area contributed by atoms with E-state index in [1.807, 2.05) is 24.3 Å². The molecule has 0 unspecified atom stereocenters. The van der Waals surface area contributed by atoms with E-state index in [4.69, 9.17) is 10.8 Å². The average Bonchev–Trinajstić information content (AvgIpc) is 2.20. The van der Waals surface area contributed by atoms with E-state index >= 15 is 0 Å². The van der Waals surface area contributed by atoms with Crippen molar-refractivity contribution in [2.75, 3.05) is 5.32 Å². The topological polar surface area (TPSA) is 75.3 Å². The van der Waals surface area contributed by atoms with Crippen molar-refractivity contribution in [2.45, 2.75) is 32.4 Å². The molecule has 0 radical (unpaired) electrons. The van der Waals surface area contributed by atoms with Gasteiger partial charge < -0.3 is 16.2 Å². The van der Waals surface area contributed by atoms with Crippen LogP contribution < -0.4 is 11.1 Å². The van der Waals surface area contributed by atoms with E-state index in [0.29, 0.717) is 12.5 Å². The Balaban J connectivity index is 2.61. The van der Waals surface area contributed by atoms with Gasteiger partial charge in [-0.2, -0.15) is 0 Å². The van der Waals surface area contributed by atoms with E-state index in [2.05, 4.69) is 19.2 Å². The molecule has 0 heterocycles. The number of nitrogens with two attached hydrogens (primary N) is 1. The normalized spacial score (nSPS) is 12.5. The highest BCUT2D eigenvalue weighted by Gasteiger charge is 2.11. The zero-order valence-electron chi connectivity index (χ0n) is 9.60. The van der Waals surface area contributed by atoms with E-state index in [1.165, 1.54) is 0 Å². The molecule has 88 valence electrons. The lowest BCUT2D eigenvalue weighted by Gasteiger charge is -2.11. The summed E-state index contributed by atoms with van der Waals surface area (Å²) in [4.78, 5) is 10.6. The van der Waals surface area contributed by atoms with Crippen LogP contribution in [-0.4, -0.2) is 23.2 Å². The van der Waals surface area contributed by atoms with E-state index in [1.54, 1.807) is 0 Å². The van der Waals surface area contributed by atoms with Gasteiger partial charge in [-0.1, -0.05) is 12.1 Å². The van der Waals surface area contributed by atoms with Crippen LogP contribution in [0.5, 0.6) is 0 Å². The maximum atomic E-state index is 10.6. The highest BCUT2D eigenvalue weighted by molar-refractivity contribution is 5.73. The number of hydrogen-bond donors (Lipinski definition) is 3. The lowest BCUT2D eigenvalue weighted by atomic mass is 10.1. The van der Waals surface area contributed by atoms with Crippen molar-refractivity contribution < 1.29 is 9.90 Å². The summed E-state index contributed by atoms with van der Waals surface area (Å²) in [6, 6.07) is 7.21. The van der Waals surface area contributed by atoms with Gasteiger partial charge in [-0.05, 0) is 38.0 Å². The van der Waals surface area contributed by atoms with Crippen molar-refractivity contribution in [3.05, 3.63) is 29.8 Å². The molecule has 0 fully saturated rings. The first-order valence-corrected chi connectivity index (χ1v) is 5.33. The van der Waals surface area contributed by atoms with Crippen LogP contribution in [0.15, 0.2) is 24.3 Å². The van der Waals surface area contributed by atoms with E-state index in [9.17, 15) is 4.79 Å². The predicted octanol–water partition coefficient (Wildman–Crippen LogP) is 1.46. The standard InChI is InChI=1S/C12H18N2O2/c1-8(2)14-10-5-3-9(4-6-10)7-11(13)12(15)16/h3-6,8,11,14H,7,13H2,1-2H3,(H,15,16)/t11-/m0/s1. The van der Waals surface area contributed by atoms with E-state index < -0.39 is 12.0 Å². The molecule has 0 bridgehead atoms. The van der Waals surface area contributed by atoms with Gasteiger partial charge >= 0.3 is 5.97 Å². The first kappa shape index (κ1) is 12.5. The molecule has 0 aromatic heterocycles. The molecule has 0 aliphatic carbocycles. The number of anilines is 1. The van der Waals surface area contributed by atoms with E-state index in [0.717, 1.165) is 11.3 Å². The summed E-state index contributed by atoms with van der Waals surface area (Å²) in [5.41, 5.74) is 7.42. The van der Waals surface area contributed by atoms with Crippen LogP contribution in [0.4, 0.5) is 5.69 Å². The fraction of sp³-hybridized carbons (Fsp3) is 0.417. The van der Waals surface area contributed by atoms with Gasteiger partial charge in [-0.15, -0.1) is 0 Å². The van der Waals surface area contributed by atoms with Crippen LogP contribution in [0.2, 0.25) is 0 Å². The molecule has 16 heavy (non-hydrogen) atoms. The van der Waals surface area contributed by atoms with Crippen molar-refractivity contribution in [2.24, 2.45) is 5.73 Å². The minimum atomic E-state index is -0.968. The number of nitrogens with one attached hydrogen (secondary N) is 1. The molecule has 0 spiro atoms. The molecule has 0 aliphatic heterocycles. The smallest absolute Gasteiger partial charge is 0.320 e. The Labute approximate surface area is 95.5 Å². The Hall–Kier alpha value is -1.55. The second-order valence-electron chi connectivity index (χ2n) is 4.14. The number of carbonyl (C=O) groups is 1. The molecular weight excluding hydrogens is 204 g/mol. The van der Waals surface area contributed by atoms with Crippen molar-refractivity contribution in [1.29, 1.82) is 0 Å². The molecule has 0 saturated carbocycles. The summed E-state index contributed by atoms with van der Waals surface area (Å²) in [7, 11) is 0. The summed E-state index contributed by atoms with van der Waals surface area (Å²) in [5, 5.41) is 11.9. The fourth-order valence-corrected chi connectivity index (χ4v) is 1.41. The number of rotatable bonds is 5. The molecule has 1 rings (SSSR count). The number of benzene rings is 1. The van der Waals surface area contributed by atoms with Crippen LogP contribution in [0.25, 0.3) is 0 Å². The third kappa shape index (κ3) is 3.90. The Morgan fingerprint density at radius 3 is 2.38 bits per heavy atom. The summed E-state index contributed by atoms with van der Waals surface area (Å²) in [5.74, 6) is -0.968. The molecule has 4 heteroatoms. The SMILES string of the molecule is CC(C)Nc1ccc(C[C@H](N)C(=O)O)cc1. The van der Waals surface area contributed by atoms with Gasteiger partial charge in [0.05, 0.1) is 0 Å². The third-order valence-corrected chi connectivity index (χ3v) is 2.18. The Bertz CT molecular complexity index is 347. The van der Waals surface area contributed by atoms with Gasteiger partial charge in [0, 0.05) is 11.7 Å². The Morgan fingerprint density at radius 1 is 1.38 bits per heavy atom. The van der Waals surface area contributed by atoms with Gasteiger partial charge in [0.1, 0.15) is 6.04 Å². The van der Waals surface area contributed by atoms with Gasteiger partial charge in [0.2, 0.25) is 0 Å². The van der Waals surface area contributed by atoms with Crippen molar-refractivity contribution >= 4 is 11.7 Å². The second-order valence-corrected chi connectivity index (χ2v) is 4.14. The predicted molar refractivity (Wildman–Crippen MR) is 64.5 cm³/mol. The lowest BCUT2D eigenvalue weighted by molar-refractivity contribution is -0.138. The van der Waals surface area contributed by atoms with Crippen LogP contribution in [0, 0.1) is 0 Å².